The second-order valence-electron chi connectivity index (χ2n) is 5.88. The molecular formula is C19H25IN4O. The van der Waals surface area contributed by atoms with Gasteiger partial charge in [0, 0.05) is 25.4 Å². The summed E-state index contributed by atoms with van der Waals surface area (Å²) in [5.41, 5.74) is 2.12. The minimum absolute atomic E-state index is 0. The third kappa shape index (κ3) is 5.88. The fourth-order valence-electron chi connectivity index (χ4n) is 2.51. The molecule has 0 unspecified atom stereocenters. The summed E-state index contributed by atoms with van der Waals surface area (Å²) >= 11 is 0. The number of aromatic nitrogens is 1. The molecule has 0 bridgehead atoms. The van der Waals surface area contributed by atoms with Crippen LogP contribution in [0.4, 0.5) is 0 Å². The Labute approximate surface area is 166 Å². The molecule has 134 valence electrons. The SMILES string of the molecule is CN=C(NCc1ccccn1)NCc1ccccc1OC1CCC1.I. The molecule has 0 radical (unpaired) electrons. The van der Waals surface area contributed by atoms with E-state index < -0.39 is 0 Å². The van der Waals surface area contributed by atoms with Crippen molar-refractivity contribution >= 4 is 29.9 Å². The molecule has 5 nitrogen and oxygen atoms in total. The van der Waals surface area contributed by atoms with Crippen LogP contribution in [-0.4, -0.2) is 24.1 Å². The van der Waals surface area contributed by atoms with Crippen molar-refractivity contribution in [3.05, 3.63) is 59.9 Å². The van der Waals surface area contributed by atoms with Crippen molar-refractivity contribution in [1.29, 1.82) is 0 Å². The Morgan fingerprint density at radius 1 is 1.12 bits per heavy atom. The zero-order valence-corrected chi connectivity index (χ0v) is 16.8. The van der Waals surface area contributed by atoms with Crippen LogP contribution >= 0.6 is 24.0 Å². The molecule has 0 atom stereocenters. The average molecular weight is 452 g/mol. The predicted octanol–water partition coefficient (Wildman–Crippen LogP) is 3.50. The molecule has 1 saturated carbocycles. The van der Waals surface area contributed by atoms with E-state index in [-0.39, 0.29) is 24.0 Å². The van der Waals surface area contributed by atoms with Crippen LogP contribution in [0.15, 0.2) is 53.7 Å². The van der Waals surface area contributed by atoms with Crippen LogP contribution in [0.1, 0.15) is 30.5 Å². The molecule has 1 aliphatic carbocycles. The fourth-order valence-corrected chi connectivity index (χ4v) is 2.51. The highest BCUT2D eigenvalue weighted by atomic mass is 127. The maximum Gasteiger partial charge on any atom is 0.191 e. The molecule has 2 N–H and O–H groups in total. The Balaban J connectivity index is 0.00000225. The highest BCUT2D eigenvalue weighted by molar-refractivity contribution is 14.0. The van der Waals surface area contributed by atoms with Crippen molar-refractivity contribution in [2.24, 2.45) is 4.99 Å². The number of hydrogen-bond acceptors (Lipinski definition) is 3. The van der Waals surface area contributed by atoms with E-state index in [1.54, 1.807) is 13.2 Å². The van der Waals surface area contributed by atoms with E-state index in [2.05, 4.69) is 26.7 Å². The summed E-state index contributed by atoms with van der Waals surface area (Å²) in [6, 6.07) is 14.1. The molecule has 2 aromatic rings. The van der Waals surface area contributed by atoms with Crippen LogP contribution < -0.4 is 15.4 Å². The number of ether oxygens (including phenoxy) is 1. The second-order valence-corrected chi connectivity index (χ2v) is 5.88. The summed E-state index contributed by atoms with van der Waals surface area (Å²) < 4.78 is 6.07. The number of rotatable bonds is 6. The van der Waals surface area contributed by atoms with Gasteiger partial charge in [0.2, 0.25) is 0 Å². The summed E-state index contributed by atoms with van der Waals surface area (Å²) in [5, 5.41) is 6.61. The van der Waals surface area contributed by atoms with Gasteiger partial charge in [0.1, 0.15) is 5.75 Å². The number of nitrogens with one attached hydrogen (secondary N) is 2. The van der Waals surface area contributed by atoms with E-state index in [4.69, 9.17) is 4.74 Å². The van der Waals surface area contributed by atoms with Crippen LogP contribution in [0.25, 0.3) is 0 Å². The third-order valence-electron chi connectivity index (χ3n) is 4.15. The van der Waals surface area contributed by atoms with Crippen molar-refractivity contribution in [1.82, 2.24) is 15.6 Å². The molecule has 1 fully saturated rings. The first-order valence-electron chi connectivity index (χ1n) is 8.44. The Morgan fingerprint density at radius 2 is 1.88 bits per heavy atom. The number of guanidine groups is 1. The molecule has 25 heavy (non-hydrogen) atoms. The molecule has 3 rings (SSSR count). The van der Waals surface area contributed by atoms with Gasteiger partial charge >= 0.3 is 0 Å². The zero-order valence-electron chi connectivity index (χ0n) is 14.4. The second kappa shape index (κ2) is 10.2. The molecule has 1 aromatic carbocycles. The third-order valence-corrected chi connectivity index (χ3v) is 4.15. The molecule has 0 aliphatic heterocycles. The maximum atomic E-state index is 6.07. The summed E-state index contributed by atoms with van der Waals surface area (Å²) in [6.07, 6.45) is 5.77. The lowest BCUT2D eigenvalue weighted by atomic mass is 9.96. The lowest BCUT2D eigenvalue weighted by Gasteiger charge is -2.27. The summed E-state index contributed by atoms with van der Waals surface area (Å²) in [5.74, 6) is 1.72. The van der Waals surface area contributed by atoms with Crippen LogP contribution in [0.2, 0.25) is 0 Å². The standard InChI is InChI=1S/C19H24N4O.HI/c1-20-19(23-14-16-8-4-5-12-21-16)22-13-15-7-2-3-11-18(15)24-17-9-6-10-17;/h2-5,7-8,11-12,17H,6,9-10,13-14H2,1H3,(H2,20,22,23);1H. The summed E-state index contributed by atoms with van der Waals surface area (Å²) in [7, 11) is 1.77. The quantitative estimate of drug-likeness (QED) is 0.400. The van der Waals surface area contributed by atoms with Crippen molar-refractivity contribution < 1.29 is 4.74 Å². The van der Waals surface area contributed by atoms with Gasteiger partial charge in [-0.25, -0.2) is 0 Å². The number of aliphatic imine (C=N–C) groups is 1. The van der Waals surface area contributed by atoms with Gasteiger partial charge in [0.25, 0.3) is 0 Å². The number of pyridine rings is 1. The van der Waals surface area contributed by atoms with E-state index in [0.29, 0.717) is 19.2 Å². The number of nitrogens with zero attached hydrogens (tertiary/aromatic N) is 2. The first-order valence-corrected chi connectivity index (χ1v) is 8.44. The molecule has 1 aromatic heterocycles. The van der Waals surface area contributed by atoms with Crippen LogP contribution in [0, 0.1) is 0 Å². The van der Waals surface area contributed by atoms with Crippen molar-refractivity contribution in [2.45, 2.75) is 38.5 Å². The first kappa shape index (κ1) is 19.5. The van der Waals surface area contributed by atoms with Crippen molar-refractivity contribution in [2.75, 3.05) is 7.05 Å². The summed E-state index contributed by atoms with van der Waals surface area (Å²) in [4.78, 5) is 8.56. The average Bonchev–Trinajstić information content (AvgIpc) is 2.60. The van der Waals surface area contributed by atoms with E-state index in [9.17, 15) is 0 Å². The molecule has 6 heteroatoms. The van der Waals surface area contributed by atoms with Crippen LogP contribution in [0.3, 0.4) is 0 Å². The maximum absolute atomic E-state index is 6.07. The Bertz CT molecular complexity index is 674. The number of para-hydroxylation sites is 1. The first-order chi connectivity index (χ1) is 11.8. The Morgan fingerprint density at radius 3 is 2.56 bits per heavy atom. The normalized spacial score (nSPS) is 14.2. The molecule has 0 saturated heterocycles. The smallest absolute Gasteiger partial charge is 0.191 e. The van der Waals surface area contributed by atoms with Crippen molar-refractivity contribution in [3.63, 3.8) is 0 Å². The van der Waals surface area contributed by atoms with Gasteiger partial charge in [-0.05, 0) is 37.5 Å². The highest BCUT2D eigenvalue weighted by Crippen LogP contribution is 2.27. The van der Waals surface area contributed by atoms with Gasteiger partial charge in [-0.15, -0.1) is 24.0 Å². The fraction of sp³-hybridized carbons (Fsp3) is 0.368. The monoisotopic (exact) mass is 452 g/mol. The molecular weight excluding hydrogens is 427 g/mol. The lowest BCUT2D eigenvalue weighted by Crippen LogP contribution is -2.36. The van der Waals surface area contributed by atoms with E-state index in [0.717, 1.165) is 35.8 Å². The molecule has 1 aliphatic rings. The zero-order chi connectivity index (χ0) is 16.6. The molecule has 1 heterocycles. The van der Waals surface area contributed by atoms with Crippen molar-refractivity contribution in [3.8, 4) is 5.75 Å². The number of benzene rings is 1. The van der Waals surface area contributed by atoms with Gasteiger partial charge in [0.05, 0.1) is 18.3 Å². The predicted molar refractivity (Wildman–Crippen MR) is 111 cm³/mol. The summed E-state index contributed by atoms with van der Waals surface area (Å²) in [6.45, 7) is 1.31. The molecule has 0 amide bonds. The van der Waals surface area contributed by atoms with Gasteiger partial charge in [-0.2, -0.15) is 0 Å². The molecule has 0 spiro atoms. The van der Waals surface area contributed by atoms with Gasteiger partial charge in [-0.3, -0.25) is 9.98 Å². The van der Waals surface area contributed by atoms with Gasteiger partial charge < -0.3 is 15.4 Å². The Hall–Kier alpha value is -1.83. The minimum Gasteiger partial charge on any atom is -0.490 e. The largest absolute Gasteiger partial charge is 0.490 e. The van der Waals surface area contributed by atoms with Gasteiger partial charge in [0.15, 0.2) is 5.96 Å². The highest BCUT2D eigenvalue weighted by Gasteiger charge is 2.20. The Kier molecular flexibility index (Phi) is 7.97. The van der Waals surface area contributed by atoms with E-state index >= 15 is 0 Å². The topological polar surface area (TPSA) is 58.5 Å². The van der Waals surface area contributed by atoms with E-state index in [1.165, 1.54) is 6.42 Å². The number of halogens is 1. The van der Waals surface area contributed by atoms with Crippen LogP contribution in [-0.2, 0) is 13.1 Å². The number of hydrogen-bond donors (Lipinski definition) is 2. The van der Waals surface area contributed by atoms with E-state index in [1.807, 2.05) is 36.4 Å². The lowest BCUT2D eigenvalue weighted by molar-refractivity contribution is 0.119. The minimum atomic E-state index is 0. The van der Waals surface area contributed by atoms with Gasteiger partial charge in [-0.1, -0.05) is 24.3 Å². The van der Waals surface area contributed by atoms with Crippen LogP contribution in [0.5, 0.6) is 5.75 Å².